The molecule has 0 spiro atoms. The maximum absolute atomic E-state index is 13.0. The number of ether oxygens (including phenoxy) is 1. The summed E-state index contributed by atoms with van der Waals surface area (Å²) in [5, 5.41) is 0.631. The molecule has 0 bridgehead atoms. The Kier molecular flexibility index (Phi) is 5.35. The van der Waals surface area contributed by atoms with Gasteiger partial charge in [0.15, 0.2) is 5.75 Å². The van der Waals surface area contributed by atoms with Gasteiger partial charge in [-0.2, -0.15) is 0 Å². The van der Waals surface area contributed by atoms with Gasteiger partial charge in [0, 0.05) is 36.8 Å². The zero-order valence-corrected chi connectivity index (χ0v) is 17.8. The van der Waals surface area contributed by atoms with E-state index >= 15 is 0 Å². The summed E-state index contributed by atoms with van der Waals surface area (Å²) < 4.78 is 6.16. The van der Waals surface area contributed by atoms with Gasteiger partial charge in [-0.25, -0.2) is 4.99 Å². The minimum atomic E-state index is 0.0374. The smallest absolute Gasteiger partial charge is 0.253 e. The summed E-state index contributed by atoms with van der Waals surface area (Å²) in [6, 6.07) is 22.9. The number of para-hydroxylation sites is 3. The van der Waals surface area contributed by atoms with Gasteiger partial charge in [-0.1, -0.05) is 35.9 Å². The highest BCUT2D eigenvalue weighted by atomic mass is 35.5. The van der Waals surface area contributed by atoms with E-state index in [2.05, 4.69) is 4.90 Å². The number of benzene rings is 3. The summed E-state index contributed by atoms with van der Waals surface area (Å²) in [6.45, 7) is 2.86. The van der Waals surface area contributed by atoms with Gasteiger partial charge in [0.25, 0.3) is 5.91 Å². The Labute approximate surface area is 186 Å². The lowest BCUT2D eigenvalue weighted by molar-refractivity contribution is 0.0764. The standard InChI is InChI=1S/C25H22ClN3O2/c26-19-12-10-18(11-13-19)25(30)29-15-5-14-28(16-17-29)24-20-6-1-3-8-22(20)31-23-9-4-2-7-21(23)27-24/h1-4,6-13H,5,14-17H2. The van der Waals surface area contributed by atoms with Crippen LogP contribution in [-0.2, 0) is 0 Å². The minimum absolute atomic E-state index is 0.0374. The zero-order valence-electron chi connectivity index (χ0n) is 17.0. The number of aliphatic imine (C=N–C) groups is 1. The minimum Gasteiger partial charge on any atom is -0.454 e. The van der Waals surface area contributed by atoms with Gasteiger partial charge in [-0.3, -0.25) is 4.79 Å². The van der Waals surface area contributed by atoms with Crippen LogP contribution in [0.15, 0.2) is 77.8 Å². The van der Waals surface area contributed by atoms with Crippen LogP contribution in [0.5, 0.6) is 11.5 Å². The highest BCUT2D eigenvalue weighted by molar-refractivity contribution is 6.30. The van der Waals surface area contributed by atoms with Crippen molar-refractivity contribution in [1.82, 2.24) is 9.80 Å². The van der Waals surface area contributed by atoms with Crippen molar-refractivity contribution in [3.8, 4) is 11.5 Å². The predicted octanol–water partition coefficient (Wildman–Crippen LogP) is 5.37. The Morgan fingerprint density at radius 3 is 2.42 bits per heavy atom. The molecule has 5 rings (SSSR count). The number of hydrogen-bond acceptors (Lipinski definition) is 4. The molecule has 0 aromatic heterocycles. The van der Waals surface area contributed by atoms with Gasteiger partial charge < -0.3 is 14.5 Å². The lowest BCUT2D eigenvalue weighted by Crippen LogP contribution is -2.37. The number of halogens is 1. The van der Waals surface area contributed by atoms with Crippen molar-refractivity contribution in [3.05, 3.63) is 88.9 Å². The number of fused-ring (bicyclic) bond motifs is 2. The van der Waals surface area contributed by atoms with Gasteiger partial charge in [-0.05, 0) is 55.0 Å². The summed E-state index contributed by atoms with van der Waals surface area (Å²) in [4.78, 5) is 22.1. The Morgan fingerprint density at radius 2 is 1.58 bits per heavy atom. The van der Waals surface area contributed by atoms with Gasteiger partial charge in [0.1, 0.15) is 17.3 Å². The molecule has 6 heteroatoms. The molecule has 0 radical (unpaired) electrons. The average molecular weight is 432 g/mol. The molecule has 2 aliphatic heterocycles. The molecule has 31 heavy (non-hydrogen) atoms. The van der Waals surface area contributed by atoms with E-state index in [0.29, 0.717) is 30.2 Å². The molecule has 3 aromatic rings. The third-order valence-electron chi connectivity index (χ3n) is 5.61. The maximum Gasteiger partial charge on any atom is 0.253 e. The van der Waals surface area contributed by atoms with E-state index < -0.39 is 0 Å². The first kappa shape index (κ1) is 19.6. The SMILES string of the molecule is O=C(c1ccc(Cl)cc1)N1CCCN(C2=Nc3ccccc3Oc3ccccc32)CC1. The van der Waals surface area contributed by atoms with Crippen LogP contribution in [0.1, 0.15) is 22.3 Å². The molecule has 5 nitrogen and oxygen atoms in total. The quantitative estimate of drug-likeness (QED) is 0.520. The van der Waals surface area contributed by atoms with Crippen LogP contribution in [-0.4, -0.2) is 47.7 Å². The number of amidine groups is 1. The zero-order chi connectivity index (χ0) is 21.2. The molecule has 0 N–H and O–H groups in total. The molecule has 1 saturated heterocycles. The summed E-state index contributed by atoms with van der Waals surface area (Å²) in [7, 11) is 0. The molecule has 2 aliphatic rings. The number of carbonyl (C=O) groups excluding carboxylic acids is 1. The first-order valence-corrected chi connectivity index (χ1v) is 10.8. The van der Waals surface area contributed by atoms with Crippen LogP contribution < -0.4 is 4.74 Å². The van der Waals surface area contributed by atoms with Crippen molar-refractivity contribution in [1.29, 1.82) is 0 Å². The van der Waals surface area contributed by atoms with Crippen LogP contribution >= 0.6 is 11.6 Å². The number of nitrogens with zero attached hydrogens (tertiary/aromatic N) is 3. The Bertz CT molecular complexity index is 1140. The van der Waals surface area contributed by atoms with Crippen molar-refractivity contribution in [2.45, 2.75) is 6.42 Å². The molecule has 3 aromatic carbocycles. The first-order valence-electron chi connectivity index (χ1n) is 10.4. The Balaban J connectivity index is 1.42. The molecule has 2 heterocycles. The second kappa shape index (κ2) is 8.44. The fourth-order valence-electron chi connectivity index (χ4n) is 4.02. The molecular formula is C25H22ClN3O2. The number of rotatable bonds is 1. The van der Waals surface area contributed by atoms with Crippen molar-refractivity contribution in [2.75, 3.05) is 26.2 Å². The van der Waals surface area contributed by atoms with Crippen molar-refractivity contribution < 1.29 is 9.53 Å². The molecule has 0 atom stereocenters. The topological polar surface area (TPSA) is 45.1 Å². The third-order valence-corrected chi connectivity index (χ3v) is 5.87. The van der Waals surface area contributed by atoms with Crippen LogP contribution in [0.25, 0.3) is 0 Å². The average Bonchev–Trinajstić information content (AvgIpc) is 3.14. The number of hydrogen-bond donors (Lipinski definition) is 0. The lowest BCUT2D eigenvalue weighted by atomic mass is 10.1. The van der Waals surface area contributed by atoms with E-state index in [1.54, 1.807) is 24.3 Å². The van der Waals surface area contributed by atoms with Gasteiger partial charge >= 0.3 is 0 Å². The number of amides is 1. The summed E-state index contributed by atoms with van der Waals surface area (Å²) in [5.74, 6) is 2.47. The lowest BCUT2D eigenvalue weighted by Gasteiger charge is -2.25. The monoisotopic (exact) mass is 431 g/mol. The van der Waals surface area contributed by atoms with E-state index in [4.69, 9.17) is 21.3 Å². The van der Waals surface area contributed by atoms with Crippen molar-refractivity contribution >= 4 is 29.0 Å². The summed E-state index contributed by atoms with van der Waals surface area (Å²) in [6.07, 6.45) is 0.864. The largest absolute Gasteiger partial charge is 0.454 e. The highest BCUT2D eigenvalue weighted by Gasteiger charge is 2.26. The molecule has 156 valence electrons. The molecule has 0 aliphatic carbocycles. The molecule has 0 saturated carbocycles. The van der Waals surface area contributed by atoms with Crippen LogP contribution in [0.3, 0.4) is 0 Å². The highest BCUT2D eigenvalue weighted by Crippen LogP contribution is 2.37. The van der Waals surface area contributed by atoms with Crippen LogP contribution in [0.4, 0.5) is 5.69 Å². The molecule has 0 unspecified atom stereocenters. The van der Waals surface area contributed by atoms with E-state index in [9.17, 15) is 4.79 Å². The summed E-state index contributed by atoms with van der Waals surface area (Å²) in [5.41, 5.74) is 2.44. The molecule has 1 fully saturated rings. The van der Waals surface area contributed by atoms with E-state index in [1.165, 1.54) is 0 Å². The van der Waals surface area contributed by atoms with E-state index in [-0.39, 0.29) is 5.91 Å². The molecular weight excluding hydrogens is 410 g/mol. The van der Waals surface area contributed by atoms with Crippen molar-refractivity contribution in [2.24, 2.45) is 4.99 Å². The summed E-state index contributed by atoms with van der Waals surface area (Å²) >= 11 is 5.97. The fraction of sp³-hybridized carbons (Fsp3) is 0.200. The first-order chi connectivity index (χ1) is 15.2. The number of carbonyl (C=O) groups is 1. The second-order valence-electron chi connectivity index (χ2n) is 7.64. The van der Waals surface area contributed by atoms with Gasteiger partial charge in [0.2, 0.25) is 0 Å². The second-order valence-corrected chi connectivity index (χ2v) is 8.08. The maximum atomic E-state index is 13.0. The van der Waals surface area contributed by atoms with Crippen LogP contribution in [0.2, 0.25) is 5.02 Å². The predicted molar refractivity (Wildman–Crippen MR) is 123 cm³/mol. The van der Waals surface area contributed by atoms with Crippen molar-refractivity contribution in [3.63, 3.8) is 0 Å². The third kappa shape index (κ3) is 4.01. The Hall–Kier alpha value is -3.31. The fourth-order valence-corrected chi connectivity index (χ4v) is 4.14. The van der Waals surface area contributed by atoms with E-state index in [0.717, 1.165) is 41.6 Å². The normalized spacial score (nSPS) is 15.7. The van der Waals surface area contributed by atoms with Crippen LogP contribution in [0, 0.1) is 0 Å². The van der Waals surface area contributed by atoms with Gasteiger partial charge in [-0.15, -0.1) is 0 Å². The Morgan fingerprint density at radius 1 is 0.839 bits per heavy atom. The van der Waals surface area contributed by atoms with E-state index in [1.807, 2.05) is 53.4 Å². The molecule has 1 amide bonds. The van der Waals surface area contributed by atoms with Gasteiger partial charge in [0.05, 0.1) is 5.56 Å².